The highest BCUT2D eigenvalue weighted by Crippen LogP contribution is 2.37. The first-order valence-corrected chi connectivity index (χ1v) is 11.3. The summed E-state index contributed by atoms with van der Waals surface area (Å²) in [6.45, 7) is 3.59. The van der Waals surface area contributed by atoms with Gasteiger partial charge in [-0.05, 0) is 57.1 Å². The molecule has 4 rings (SSSR count). The SMILES string of the molecule is CN(Cc1ccccc1)C1CCOC2(CCN(C(=O)CC3CCCC3)CC2)C1. The molecule has 3 aliphatic rings. The zero-order chi connectivity index (χ0) is 19.4. The number of carbonyl (C=O) groups excluding carboxylic acids is 1. The molecule has 1 unspecified atom stereocenters. The molecule has 4 heteroatoms. The Morgan fingerprint density at radius 3 is 2.57 bits per heavy atom. The number of nitrogens with zero attached hydrogens (tertiary/aromatic N) is 2. The molecule has 154 valence electrons. The van der Waals surface area contributed by atoms with Gasteiger partial charge in [-0.25, -0.2) is 0 Å². The number of rotatable bonds is 5. The van der Waals surface area contributed by atoms with Crippen LogP contribution in [-0.4, -0.2) is 54.1 Å². The lowest BCUT2D eigenvalue weighted by Gasteiger charge is -2.48. The van der Waals surface area contributed by atoms with Crippen molar-refractivity contribution in [1.82, 2.24) is 9.80 Å². The number of amides is 1. The van der Waals surface area contributed by atoms with Crippen molar-refractivity contribution >= 4 is 5.91 Å². The van der Waals surface area contributed by atoms with E-state index in [4.69, 9.17) is 4.74 Å². The average molecular weight is 385 g/mol. The van der Waals surface area contributed by atoms with Gasteiger partial charge in [-0.15, -0.1) is 0 Å². The van der Waals surface area contributed by atoms with Crippen LogP contribution in [0.15, 0.2) is 30.3 Å². The molecule has 1 spiro atoms. The Balaban J connectivity index is 1.28. The highest BCUT2D eigenvalue weighted by molar-refractivity contribution is 5.76. The summed E-state index contributed by atoms with van der Waals surface area (Å²) in [5.41, 5.74) is 1.36. The Labute approximate surface area is 170 Å². The van der Waals surface area contributed by atoms with E-state index < -0.39 is 0 Å². The van der Waals surface area contributed by atoms with E-state index in [9.17, 15) is 4.79 Å². The Kier molecular flexibility index (Phi) is 6.37. The molecular formula is C24H36N2O2. The molecule has 1 atom stereocenters. The topological polar surface area (TPSA) is 32.8 Å². The first-order chi connectivity index (χ1) is 13.6. The molecule has 0 bridgehead atoms. The fourth-order valence-electron chi connectivity index (χ4n) is 5.48. The Morgan fingerprint density at radius 2 is 1.86 bits per heavy atom. The van der Waals surface area contributed by atoms with E-state index in [0.717, 1.165) is 58.3 Å². The van der Waals surface area contributed by atoms with Crippen molar-refractivity contribution in [3.63, 3.8) is 0 Å². The van der Waals surface area contributed by atoms with Crippen LogP contribution in [0, 0.1) is 5.92 Å². The van der Waals surface area contributed by atoms with Gasteiger partial charge in [0.25, 0.3) is 0 Å². The molecule has 2 heterocycles. The molecule has 2 aliphatic heterocycles. The summed E-state index contributed by atoms with van der Waals surface area (Å²) < 4.78 is 6.33. The van der Waals surface area contributed by atoms with Crippen LogP contribution >= 0.6 is 0 Å². The molecule has 28 heavy (non-hydrogen) atoms. The van der Waals surface area contributed by atoms with Gasteiger partial charge in [-0.3, -0.25) is 9.69 Å². The first kappa shape index (κ1) is 19.9. The van der Waals surface area contributed by atoms with Crippen molar-refractivity contribution in [3.8, 4) is 0 Å². The predicted octanol–water partition coefficient (Wildman–Crippen LogP) is 4.24. The molecule has 1 saturated carbocycles. The summed E-state index contributed by atoms with van der Waals surface area (Å²) in [6, 6.07) is 11.3. The molecule has 1 amide bonds. The minimum Gasteiger partial charge on any atom is -0.375 e. The van der Waals surface area contributed by atoms with Crippen LogP contribution in [0.2, 0.25) is 0 Å². The van der Waals surface area contributed by atoms with Gasteiger partial charge in [-0.2, -0.15) is 0 Å². The number of hydrogen-bond acceptors (Lipinski definition) is 3. The number of likely N-dealkylation sites (tertiary alicyclic amines) is 1. The molecule has 1 aromatic carbocycles. The Morgan fingerprint density at radius 1 is 1.14 bits per heavy atom. The molecule has 1 aliphatic carbocycles. The van der Waals surface area contributed by atoms with E-state index in [2.05, 4.69) is 47.2 Å². The highest BCUT2D eigenvalue weighted by atomic mass is 16.5. The van der Waals surface area contributed by atoms with Crippen molar-refractivity contribution in [2.45, 2.75) is 76.0 Å². The third-order valence-electron chi connectivity index (χ3n) is 7.33. The van der Waals surface area contributed by atoms with Crippen LogP contribution in [0.5, 0.6) is 0 Å². The third kappa shape index (κ3) is 4.77. The highest BCUT2D eigenvalue weighted by Gasteiger charge is 2.42. The zero-order valence-electron chi connectivity index (χ0n) is 17.4. The lowest BCUT2D eigenvalue weighted by atomic mass is 9.81. The molecule has 0 radical (unpaired) electrons. The van der Waals surface area contributed by atoms with Crippen molar-refractivity contribution in [2.24, 2.45) is 5.92 Å². The van der Waals surface area contributed by atoms with Crippen molar-refractivity contribution in [2.75, 3.05) is 26.7 Å². The second-order valence-electron chi connectivity index (χ2n) is 9.31. The fraction of sp³-hybridized carbons (Fsp3) is 0.708. The lowest BCUT2D eigenvalue weighted by molar-refractivity contribution is -0.149. The van der Waals surface area contributed by atoms with Gasteiger partial charge < -0.3 is 9.64 Å². The lowest BCUT2D eigenvalue weighted by Crippen LogP contribution is -2.54. The first-order valence-electron chi connectivity index (χ1n) is 11.3. The summed E-state index contributed by atoms with van der Waals surface area (Å²) in [7, 11) is 2.25. The van der Waals surface area contributed by atoms with Crippen LogP contribution in [0.3, 0.4) is 0 Å². The maximum atomic E-state index is 12.7. The summed E-state index contributed by atoms with van der Waals surface area (Å²) in [5, 5.41) is 0. The van der Waals surface area contributed by atoms with Gasteiger partial charge in [0.15, 0.2) is 0 Å². The molecular weight excluding hydrogens is 348 g/mol. The van der Waals surface area contributed by atoms with Gasteiger partial charge >= 0.3 is 0 Å². The van der Waals surface area contributed by atoms with Gasteiger partial charge in [0.2, 0.25) is 5.91 Å². The van der Waals surface area contributed by atoms with Crippen LogP contribution in [-0.2, 0) is 16.1 Å². The van der Waals surface area contributed by atoms with Gasteiger partial charge in [0.05, 0.1) is 5.60 Å². The second-order valence-corrected chi connectivity index (χ2v) is 9.31. The predicted molar refractivity (Wildman–Crippen MR) is 112 cm³/mol. The van der Waals surface area contributed by atoms with Gasteiger partial charge in [0, 0.05) is 38.7 Å². The Bertz CT molecular complexity index is 633. The third-order valence-corrected chi connectivity index (χ3v) is 7.33. The van der Waals surface area contributed by atoms with Crippen molar-refractivity contribution in [3.05, 3.63) is 35.9 Å². The van der Waals surface area contributed by atoms with E-state index in [1.165, 1.54) is 31.2 Å². The standard InChI is InChI=1S/C24H36N2O2/c1-25(19-21-9-3-2-4-10-21)22-11-16-28-24(18-22)12-14-26(15-13-24)23(27)17-20-7-5-6-8-20/h2-4,9-10,20,22H,5-8,11-19H2,1H3. The summed E-state index contributed by atoms with van der Waals surface area (Å²) in [5.74, 6) is 1.03. The molecule has 1 aromatic rings. The fourth-order valence-corrected chi connectivity index (χ4v) is 5.48. The smallest absolute Gasteiger partial charge is 0.222 e. The minimum atomic E-state index is -0.0159. The zero-order valence-corrected chi connectivity index (χ0v) is 17.4. The molecule has 0 aromatic heterocycles. The maximum Gasteiger partial charge on any atom is 0.222 e. The monoisotopic (exact) mass is 384 g/mol. The molecule has 0 N–H and O–H groups in total. The van der Waals surface area contributed by atoms with E-state index in [-0.39, 0.29) is 5.60 Å². The van der Waals surface area contributed by atoms with Crippen molar-refractivity contribution in [1.29, 1.82) is 0 Å². The molecule has 3 fully saturated rings. The normalized spacial score (nSPS) is 25.5. The number of piperidine rings is 1. The number of carbonyl (C=O) groups is 1. The van der Waals surface area contributed by atoms with Crippen LogP contribution in [0.25, 0.3) is 0 Å². The van der Waals surface area contributed by atoms with E-state index in [1.807, 2.05) is 0 Å². The Hall–Kier alpha value is -1.39. The van der Waals surface area contributed by atoms with E-state index in [0.29, 0.717) is 17.9 Å². The second kappa shape index (κ2) is 8.96. The van der Waals surface area contributed by atoms with Crippen LogP contribution in [0.1, 0.15) is 63.4 Å². The average Bonchev–Trinajstić information content (AvgIpc) is 3.22. The number of benzene rings is 1. The summed E-state index contributed by atoms with van der Waals surface area (Å²) in [4.78, 5) is 17.3. The number of hydrogen-bond donors (Lipinski definition) is 0. The number of ether oxygens (including phenoxy) is 1. The van der Waals surface area contributed by atoms with E-state index in [1.54, 1.807) is 0 Å². The minimum absolute atomic E-state index is 0.0159. The molecule has 4 nitrogen and oxygen atoms in total. The summed E-state index contributed by atoms with van der Waals surface area (Å²) >= 11 is 0. The van der Waals surface area contributed by atoms with Gasteiger partial charge in [-0.1, -0.05) is 43.2 Å². The maximum absolute atomic E-state index is 12.7. The van der Waals surface area contributed by atoms with Gasteiger partial charge in [0.1, 0.15) is 0 Å². The summed E-state index contributed by atoms with van der Waals surface area (Å²) in [6.07, 6.45) is 10.1. The largest absolute Gasteiger partial charge is 0.375 e. The van der Waals surface area contributed by atoms with Crippen LogP contribution < -0.4 is 0 Å². The van der Waals surface area contributed by atoms with E-state index >= 15 is 0 Å². The quantitative estimate of drug-likeness (QED) is 0.761. The molecule has 2 saturated heterocycles. The van der Waals surface area contributed by atoms with Crippen LogP contribution in [0.4, 0.5) is 0 Å². The van der Waals surface area contributed by atoms with Crippen molar-refractivity contribution < 1.29 is 9.53 Å².